The van der Waals surface area contributed by atoms with Gasteiger partial charge in [-0.05, 0) is 47.4 Å². The zero-order valence-electron chi connectivity index (χ0n) is 8.71. The second-order valence-corrected chi connectivity index (χ2v) is 6.78. The maximum atomic E-state index is 13.1. The fourth-order valence-electron chi connectivity index (χ4n) is 1.79. The Morgan fingerprint density at radius 3 is 2.53 bits per heavy atom. The van der Waals surface area contributed by atoms with E-state index in [2.05, 4.69) is 21.2 Å². The van der Waals surface area contributed by atoms with Crippen LogP contribution in [-0.2, 0) is 9.84 Å². The number of rotatable bonds is 2. The highest BCUT2D eigenvalue weighted by atomic mass is 79.9. The summed E-state index contributed by atoms with van der Waals surface area (Å²) in [6.07, 6.45) is 1.24. The third-order valence-corrected chi connectivity index (χ3v) is 5.69. The molecule has 1 N–H and O–H groups in total. The Morgan fingerprint density at radius 2 is 1.94 bits per heavy atom. The summed E-state index contributed by atoms with van der Waals surface area (Å²) in [6, 6.07) is 1.55. The first kappa shape index (κ1) is 12.9. The van der Waals surface area contributed by atoms with Crippen LogP contribution in [0.4, 0.5) is 8.78 Å². The maximum Gasteiger partial charge on any atom is 0.195 e. The van der Waals surface area contributed by atoms with Crippen LogP contribution in [0, 0.1) is 11.6 Å². The van der Waals surface area contributed by atoms with E-state index in [1.54, 1.807) is 0 Å². The molecule has 1 saturated heterocycles. The van der Waals surface area contributed by atoms with Crippen molar-refractivity contribution >= 4 is 25.8 Å². The summed E-state index contributed by atoms with van der Waals surface area (Å²) in [5, 5.41) is 2.11. The van der Waals surface area contributed by atoms with Crippen LogP contribution in [0.25, 0.3) is 0 Å². The Balaban J connectivity index is 2.49. The number of hydrogen-bond acceptors (Lipinski definition) is 3. The molecule has 0 bridgehead atoms. The van der Waals surface area contributed by atoms with Crippen molar-refractivity contribution in [2.75, 3.05) is 6.54 Å². The van der Waals surface area contributed by atoms with Gasteiger partial charge in [-0.2, -0.15) is 0 Å². The molecule has 1 aromatic rings. The summed E-state index contributed by atoms with van der Waals surface area (Å²) >= 11 is 2.95. The molecular formula is C10H10BrF2NO2S. The third-order valence-electron chi connectivity index (χ3n) is 2.67. The van der Waals surface area contributed by atoms with Crippen LogP contribution in [0.1, 0.15) is 12.8 Å². The van der Waals surface area contributed by atoms with Crippen LogP contribution >= 0.6 is 15.9 Å². The van der Waals surface area contributed by atoms with Crippen LogP contribution in [0.2, 0.25) is 0 Å². The van der Waals surface area contributed by atoms with Crippen molar-refractivity contribution < 1.29 is 17.2 Å². The normalized spacial score (nSPS) is 20.8. The lowest BCUT2D eigenvalue weighted by atomic mass is 10.3. The predicted molar refractivity (Wildman–Crippen MR) is 62.3 cm³/mol. The molecule has 0 aromatic heterocycles. The number of nitrogens with one attached hydrogen (secondary N) is 1. The van der Waals surface area contributed by atoms with E-state index in [1.165, 1.54) is 0 Å². The Morgan fingerprint density at radius 1 is 1.29 bits per heavy atom. The largest absolute Gasteiger partial charge is 0.301 e. The Labute approximate surface area is 106 Å². The molecule has 1 atom stereocenters. The van der Waals surface area contributed by atoms with Crippen molar-refractivity contribution in [3.8, 4) is 0 Å². The van der Waals surface area contributed by atoms with Crippen LogP contribution in [-0.4, -0.2) is 20.3 Å². The lowest BCUT2D eigenvalue weighted by Crippen LogP contribution is -2.31. The van der Waals surface area contributed by atoms with Gasteiger partial charge in [-0.25, -0.2) is 17.2 Å². The van der Waals surface area contributed by atoms with Crippen LogP contribution in [0.15, 0.2) is 21.5 Å². The molecule has 1 aliphatic heterocycles. The minimum Gasteiger partial charge on any atom is -0.301 e. The maximum absolute atomic E-state index is 13.1. The zero-order chi connectivity index (χ0) is 12.6. The highest BCUT2D eigenvalue weighted by Crippen LogP contribution is 2.29. The Bertz CT molecular complexity index is 541. The van der Waals surface area contributed by atoms with Gasteiger partial charge in [-0.1, -0.05) is 0 Å². The molecule has 0 amide bonds. The van der Waals surface area contributed by atoms with Crippen molar-refractivity contribution in [3.05, 3.63) is 28.2 Å². The minimum atomic E-state index is -3.67. The zero-order valence-corrected chi connectivity index (χ0v) is 11.1. The first-order chi connectivity index (χ1) is 7.93. The Hall–Kier alpha value is -0.530. The molecule has 3 nitrogen and oxygen atoms in total. The molecule has 1 aliphatic rings. The number of hydrogen-bond donors (Lipinski definition) is 1. The monoisotopic (exact) mass is 325 g/mol. The highest BCUT2D eigenvalue weighted by molar-refractivity contribution is 9.10. The molecule has 1 heterocycles. The van der Waals surface area contributed by atoms with Gasteiger partial charge in [0, 0.05) is 4.47 Å². The highest BCUT2D eigenvalue weighted by Gasteiger charge is 2.32. The SMILES string of the molecule is O=S(=O)(c1cc(F)c(F)cc1Br)C1CCCN1. The Kier molecular flexibility index (Phi) is 3.51. The molecule has 2 rings (SSSR count). The second kappa shape index (κ2) is 4.62. The van der Waals surface area contributed by atoms with E-state index in [1.807, 2.05) is 0 Å². The minimum absolute atomic E-state index is 0.0464. The van der Waals surface area contributed by atoms with Gasteiger partial charge in [0.2, 0.25) is 0 Å². The molecular weight excluding hydrogens is 316 g/mol. The number of halogens is 3. The summed E-state index contributed by atoms with van der Waals surface area (Å²) in [5.41, 5.74) is 0. The molecule has 1 aromatic carbocycles. The average molecular weight is 326 g/mol. The first-order valence-corrected chi connectivity index (χ1v) is 7.38. The van der Waals surface area contributed by atoms with E-state index in [4.69, 9.17) is 0 Å². The van der Waals surface area contributed by atoms with Crippen molar-refractivity contribution in [1.29, 1.82) is 0 Å². The predicted octanol–water partition coefficient (Wildman–Crippen LogP) is 2.21. The molecule has 1 fully saturated rings. The first-order valence-electron chi connectivity index (χ1n) is 5.05. The second-order valence-electron chi connectivity index (χ2n) is 3.83. The molecule has 1 unspecified atom stereocenters. The fraction of sp³-hybridized carbons (Fsp3) is 0.400. The van der Waals surface area contributed by atoms with E-state index < -0.39 is 26.8 Å². The van der Waals surface area contributed by atoms with Crippen LogP contribution in [0.5, 0.6) is 0 Å². The van der Waals surface area contributed by atoms with Gasteiger partial charge >= 0.3 is 0 Å². The standard InChI is InChI=1S/C10H10BrF2NO2S/c11-6-4-7(12)8(13)5-9(6)17(15,16)10-2-1-3-14-10/h4-5,10,14H,1-3H2. The summed E-state index contributed by atoms with van der Waals surface area (Å²) in [7, 11) is -3.67. The fourth-order valence-corrected chi connectivity index (χ4v) is 4.50. The molecule has 0 aliphatic carbocycles. The summed E-state index contributed by atoms with van der Waals surface area (Å²) in [4.78, 5) is -0.212. The van der Waals surface area contributed by atoms with Gasteiger partial charge in [0.15, 0.2) is 21.5 Å². The quantitative estimate of drug-likeness (QED) is 0.670. The smallest absolute Gasteiger partial charge is 0.195 e. The molecule has 0 spiro atoms. The van der Waals surface area contributed by atoms with Crippen LogP contribution in [0.3, 0.4) is 0 Å². The number of sulfone groups is 1. The van der Waals surface area contributed by atoms with E-state index in [0.29, 0.717) is 13.0 Å². The summed E-state index contributed by atoms with van der Waals surface area (Å²) in [6.45, 7) is 0.616. The van der Waals surface area contributed by atoms with Crippen molar-refractivity contribution in [3.63, 3.8) is 0 Å². The molecule has 0 saturated carbocycles. The van der Waals surface area contributed by atoms with Crippen LogP contribution < -0.4 is 5.32 Å². The summed E-state index contributed by atoms with van der Waals surface area (Å²) < 4.78 is 50.3. The number of benzene rings is 1. The van der Waals surface area contributed by atoms with Gasteiger partial charge in [0.05, 0.1) is 4.90 Å². The van der Waals surface area contributed by atoms with Gasteiger partial charge in [0.1, 0.15) is 5.37 Å². The van der Waals surface area contributed by atoms with Crippen molar-refractivity contribution in [2.45, 2.75) is 23.1 Å². The van der Waals surface area contributed by atoms with Gasteiger partial charge in [-0.3, -0.25) is 0 Å². The molecule has 7 heteroatoms. The van der Waals surface area contributed by atoms with Gasteiger partial charge in [0.25, 0.3) is 0 Å². The van der Waals surface area contributed by atoms with E-state index in [0.717, 1.165) is 18.6 Å². The average Bonchev–Trinajstić information content (AvgIpc) is 2.77. The molecule has 0 radical (unpaired) electrons. The van der Waals surface area contributed by atoms with E-state index in [-0.39, 0.29) is 9.37 Å². The van der Waals surface area contributed by atoms with E-state index in [9.17, 15) is 17.2 Å². The lowest BCUT2D eigenvalue weighted by molar-refractivity contribution is 0.502. The van der Waals surface area contributed by atoms with E-state index >= 15 is 0 Å². The molecule has 17 heavy (non-hydrogen) atoms. The summed E-state index contributed by atoms with van der Waals surface area (Å²) in [5.74, 6) is -2.24. The topological polar surface area (TPSA) is 46.2 Å². The third kappa shape index (κ3) is 2.36. The lowest BCUT2D eigenvalue weighted by Gasteiger charge is -2.13. The van der Waals surface area contributed by atoms with Crippen molar-refractivity contribution in [1.82, 2.24) is 5.32 Å². The van der Waals surface area contributed by atoms with Gasteiger partial charge in [-0.15, -0.1) is 0 Å². The van der Waals surface area contributed by atoms with Crippen molar-refractivity contribution in [2.24, 2.45) is 0 Å². The van der Waals surface area contributed by atoms with Gasteiger partial charge < -0.3 is 5.32 Å². The molecule has 94 valence electrons.